The van der Waals surface area contributed by atoms with Crippen LogP contribution in [-0.4, -0.2) is 4.98 Å². The van der Waals surface area contributed by atoms with Gasteiger partial charge in [0.2, 0.25) is 0 Å². The molecule has 3 heteroatoms. The van der Waals surface area contributed by atoms with E-state index in [2.05, 4.69) is 28.6 Å². The number of nitrogens with one attached hydrogen (secondary N) is 1. The Morgan fingerprint density at radius 1 is 1.00 bits per heavy atom. The second-order valence-corrected chi connectivity index (χ2v) is 3.70. The largest absolute Gasteiger partial charge is 0.324 e. The number of rotatable bonds is 4. The molecule has 0 aliphatic heterocycles. The first-order chi connectivity index (χ1) is 7.88. The van der Waals surface area contributed by atoms with Crippen LogP contribution in [0.15, 0.2) is 48.8 Å². The fourth-order valence-corrected chi connectivity index (χ4v) is 1.60. The molecular weight excluding hydrogens is 198 g/mol. The van der Waals surface area contributed by atoms with E-state index in [-0.39, 0.29) is 0 Å². The Morgan fingerprint density at radius 3 is 2.38 bits per heavy atom. The number of aromatic nitrogens is 1. The van der Waals surface area contributed by atoms with Gasteiger partial charge >= 0.3 is 0 Å². The summed E-state index contributed by atoms with van der Waals surface area (Å²) in [6, 6.07) is 12.2. The van der Waals surface area contributed by atoms with Crippen LogP contribution in [-0.2, 0) is 12.8 Å². The van der Waals surface area contributed by atoms with Gasteiger partial charge in [-0.15, -0.1) is 0 Å². The van der Waals surface area contributed by atoms with Crippen LogP contribution in [0.2, 0.25) is 0 Å². The number of hydrogen-bond acceptors (Lipinski definition) is 3. The smallest absolute Gasteiger partial charge is 0.0485 e. The maximum atomic E-state index is 5.31. The number of hydrazine groups is 1. The average molecular weight is 213 g/mol. The number of aryl methyl sites for hydroxylation is 2. The number of hydrogen-bond donors (Lipinski definition) is 2. The van der Waals surface area contributed by atoms with Crippen molar-refractivity contribution in [2.75, 3.05) is 5.43 Å². The van der Waals surface area contributed by atoms with Gasteiger partial charge in [0.05, 0.1) is 0 Å². The molecule has 0 fully saturated rings. The van der Waals surface area contributed by atoms with Crippen molar-refractivity contribution in [2.45, 2.75) is 12.8 Å². The van der Waals surface area contributed by atoms with E-state index >= 15 is 0 Å². The maximum Gasteiger partial charge on any atom is 0.0485 e. The first-order valence-electron chi connectivity index (χ1n) is 5.33. The minimum atomic E-state index is 0.935. The second-order valence-electron chi connectivity index (χ2n) is 3.70. The number of nitrogens with two attached hydrogens (primary N) is 1. The van der Waals surface area contributed by atoms with Crippen molar-refractivity contribution in [1.82, 2.24) is 4.98 Å². The van der Waals surface area contributed by atoms with E-state index in [4.69, 9.17) is 5.84 Å². The summed E-state index contributed by atoms with van der Waals surface area (Å²) in [4.78, 5) is 4.10. The molecule has 2 rings (SSSR count). The molecule has 1 aromatic carbocycles. The van der Waals surface area contributed by atoms with E-state index < -0.39 is 0 Å². The third-order valence-electron chi connectivity index (χ3n) is 2.55. The third kappa shape index (κ3) is 2.81. The Morgan fingerprint density at radius 2 is 1.75 bits per heavy atom. The molecule has 0 saturated carbocycles. The van der Waals surface area contributed by atoms with Gasteiger partial charge in [-0.05, 0) is 42.2 Å². The molecule has 1 heterocycles. The van der Waals surface area contributed by atoms with Crippen molar-refractivity contribution in [1.29, 1.82) is 0 Å². The minimum absolute atomic E-state index is 0.935. The Balaban J connectivity index is 1.94. The molecular formula is C13H15N3. The normalized spacial score (nSPS) is 10.1. The quantitative estimate of drug-likeness (QED) is 0.604. The summed E-state index contributed by atoms with van der Waals surface area (Å²) in [7, 11) is 0. The molecule has 2 aromatic rings. The summed E-state index contributed by atoms with van der Waals surface area (Å²) < 4.78 is 0. The number of benzene rings is 1. The van der Waals surface area contributed by atoms with Crippen LogP contribution < -0.4 is 11.3 Å². The number of pyridine rings is 1. The van der Waals surface area contributed by atoms with E-state index in [9.17, 15) is 0 Å². The molecule has 0 amide bonds. The summed E-state index contributed by atoms with van der Waals surface area (Å²) in [6.07, 6.45) is 5.75. The zero-order valence-electron chi connectivity index (χ0n) is 9.06. The van der Waals surface area contributed by atoms with Crippen molar-refractivity contribution in [3.05, 3.63) is 59.9 Å². The van der Waals surface area contributed by atoms with Gasteiger partial charge in [-0.1, -0.05) is 18.2 Å². The SMILES string of the molecule is NNc1ccc(CCc2cccnc2)cc1. The standard InChI is InChI=1S/C13H15N3/c14-16-13-7-5-11(6-8-13)3-4-12-2-1-9-15-10-12/h1-2,5-10,16H,3-4,14H2. The zero-order chi connectivity index (χ0) is 11.2. The lowest BCUT2D eigenvalue weighted by molar-refractivity contribution is 0.950. The Bertz CT molecular complexity index is 423. The molecule has 3 N–H and O–H groups in total. The topological polar surface area (TPSA) is 50.9 Å². The van der Waals surface area contributed by atoms with E-state index in [1.54, 1.807) is 6.20 Å². The molecule has 1 aromatic heterocycles. The second kappa shape index (κ2) is 5.28. The Kier molecular flexibility index (Phi) is 3.51. The summed E-state index contributed by atoms with van der Waals surface area (Å²) in [6.45, 7) is 0. The Hall–Kier alpha value is -1.87. The molecule has 3 nitrogen and oxygen atoms in total. The van der Waals surface area contributed by atoms with Gasteiger partial charge < -0.3 is 5.43 Å². The van der Waals surface area contributed by atoms with Gasteiger partial charge in [-0.3, -0.25) is 10.8 Å². The van der Waals surface area contributed by atoms with Crippen LogP contribution in [0.4, 0.5) is 5.69 Å². The molecule has 0 radical (unpaired) electrons. The zero-order valence-corrected chi connectivity index (χ0v) is 9.06. The predicted octanol–water partition coefficient (Wildman–Crippen LogP) is 2.15. The lowest BCUT2D eigenvalue weighted by Crippen LogP contribution is -2.06. The van der Waals surface area contributed by atoms with Crippen LogP contribution >= 0.6 is 0 Å². The predicted molar refractivity (Wildman–Crippen MR) is 65.9 cm³/mol. The average Bonchev–Trinajstić information content (AvgIpc) is 2.38. The lowest BCUT2D eigenvalue weighted by atomic mass is 10.1. The fraction of sp³-hybridized carbons (Fsp3) is 0.154. The molecule has 0 bridgehead atoms. The molecule has 0 spiro atoms. The fourth-order valence-electron chi connectivity index (χ4n) is 1.60. The van der Waals surface area contributed by atoms with E-state index in [0.29, 0.717) is 0 Å². The number of nitrogen functional groups attached to an aromatic ring is 1. The molecule has 0 aliphatic rings. The van der Waals surface area contributed by atoms with Crippen molar-refractivity contribution >= 4 is 5.69 Å². The van der Waals surface area contributed by atoms with E-state index in [1.807, 2.05) is 24.4 Å². The van der Waals surface area contributed by atoms with Crippen molar-refractivity contribution in [2.24, 2.45) is 5.84 Å². The van der Waals surface area contributed by atoms with Crippen LogP contribution in [0.3, 0.4) is 0 Å². The van der Waals surface area contributed by atoms with Crippen molar-refractivity contribution in [3.8, 4) is 0 Å². The highest BCUT2D eigenvalue weighted by atomic mass is 15.2. The first-order valence-corrected chi connectivity index (χ1v) is 5.33. The highest BCUT2D eigenvalue weighted by Gasteiger charge is 1.96. The highest BCUT2D eigenvalue weighted by molar-refractivity contribution is 5.43. The molecule has 82 valence electrons. The van der Waals surface area contributed by atoms with Crippen molar-refractivity contribution in [3.63, 3.8) is 0 Å². The molecule has 0 saturated heterocycles. The summed E-state index contributed by atoms with van der Waals surface area (Å²) >= 11 is 0. The van der Waals surface area contributed by atoms with Gasteiger partial charge in [0.1, 0.15) is 0 Å². The van der Waals surface area contributed by atoms with E-state index in [1.165, 1.54) is 11.1 Å². The summed E-state index contributed by atoms with van der Waals surface area (Å²) in [5.41, 5.74) is 6.13. The first kappa shape index (κ1) is 10.6. The van der Waals surface area contributed by atoms with Gasteiger partial charge in [0, 0.05) is 18.1 Å². The van der Waals surface area contributed by atoms with Gasteiger partial charge in [-0.2, -0.15) is 0 Å². The molecule has 0 unspecified atom stereocenters. The lowest BCUT2D eigenvalue weighted by Gasteiger charge is -2.03. The van der Waals surface area contributed by atoms with Crippen molar-refractivity contribution < 1.29 is 0 Å². The van der Waals surface area contributed by atoms with Crippen LogP contribution in [0.1, 0.15) is 11.1 Å². The van der Waals surface area contributed by atoms with Gasteiger partial charge in [0.25, 0.3) is 0 Å². The summed E-state index contributed by atoms with van der Waals surface area (Å²) in [5, 5.41) is 0. The maximum absolute atomic E-state index is 5.31. The van der Waals surface area contributed by atoms with Crippen LogP contribution in [0, 0.1) is 0 Å². The summed E-state index contributed by atoms with van der Waals surface area (Å²) in [5.74, 6) is 5.31. The van der Waals surface area contributed by atoms with Crippen LogP contribution in [0.25, 0.3) is 0 Å². The minimum Gasteiger partial charge on any atom is -0.324 e. The van der Waals surface area contributed by atoms with Crippen LogP contribution in [0.5, 0.6) is 0 Å². The number of anilines is 1. The highest BCUT2D eigenvalue weighted by Crippen LogP contribution is 2.10. The van der Waals surface area contributed by atoms with Gasteiger partial charge in [-0.25, -0.2) is 0 Å². The molecule has 0 aliphatic carbocycles. The monoisotopic (exact) mass is 213 g/mol. The van der Waals surface area contributed by atoms with Gasteiger partial charge in [0.15, 0.2) is 0 Å². The van der Waals surface area contributed by atoms with E-state index in [0.717, 1.165) is 18.5 Å². The third-order valence-corrected chi connectivity index (χ3v) is 2.55. The Labute approximate surface area is 95.3 Å². The molecule has 0 atom stereocenters. The molecule has 16 heavy (non-hydrogen) atoms. The number of nitrogens with zero attached hydrogens (tertiary/aromatic N) is 1.